The van der Waals surface area contributed by atoms with Gasteiger partial charge in [-0.1, -0.05) is 54.6 Å². The average molecular weight is 550 g/mol. The van der Waals surface area contributed by atoms with Gasteiger partial charge in [-0.15, -0.1) is 0 Å². The molecule has 5 rings (SSSR count). The lowest BCUT2D eigenvalue weighted by atomic mass is 9.90. The second kappa shape index (κ2) is 13.7. The molecule has 0 aliphatic carbocycles. The topological polar surface area (TPSA) is 84.1 Å². The Morgan fingerprint density at radius 3 is 2.32 bits per heavy atom. The number of ether oxygens (including phenoxy) is 1. The smallest absolute Gasteiger partial charge is 0.338 e. The van der Waals surface area contributed by atoms with Crippen LogP contribution in [0.25, 0.3) is 11.3 Å². The molecule has 0 bridgehead atoms. The van der Waals surface area contributed by atoms with Gasteiger partial charge in [0.2, 0.25) is 0 Å². The van der Waals surface area contributed by atoms with Crippen LogP contribution in [-0.2, 0) is 17.7 Å². The zero-order valence-electron chi connectivity index (χ0n) is 23.3. The SMILES string of the molecule is CCOC(=O)c1ccc(-c2ccc(/C=N/NC(=O)c3ccc(CN4CCC(Cc5ccccc5)CC4)cc3)o2)cc1. The largest absolute Gasteiger partial charge is 0.462 e. The highest BCUT2D eigenvalue weighted by Crippen LogP contribution is 2.24. The third-order valence-corrected chi connectivity index (χ3v) is 7.36. The van der Waals surface area contributed by atoms with Gasteiger partial charge in [-0.05, 0) is 92.7 Å². The maximum atomic E-state index is 12.6. The van der Waals surface area contributed by atoms with Gasteiger partial charge in [0.1, 0.15) is 11.5 Å². The van der Waals surface area contributed by atoms with Crippen LogP contribution in [-0.4, -0.2) is 42.7 Å². The predicted molar refractivity (Wildman–Crippen MR) is 160 cm³/mol. The van der Waals surface area contributed by atoms with E-state index in [9.17, 15) is 9.59 Å². The fourth-order valence-electron chi connectivity index (χ4n) is 5.10. The number of hydrazone groups is 1. The van der Waals surface area contributed by atoms with Crippen molar-refractivity contribution in [1.82, 2.24) is 10.3 Å². The summed E-state index contributed by atoms with van der Waals surface area (Å²) in [5.41, 5.74) is 7.04. The summed E-state index contributed by atoms with van der Waals surface area (Å²) in [7, 11) is 0. The van der Waals surface area contributed by atoms with Crippen LogP contribution in [0.5, 0.6) is 0 Å². The first-order chi connectivity index (χ1) is 20.1. The molecular weight excluding hydrogens is 514 g/mol. The lowest BCUT2D eigenvalue weighted by Gasteiger charge is -2.32. The quantitative estimate of drug-likeness (QED) is 0.142. The zero-order valence-corrected chi connectivity index (χ0v) is 23.3. The van der Waals surface area contributed by atoms with Crippen molar-refractivity contribution >= 4 is 18.1 Å². The number of esters is 1. The number of hydrogen-bond acceptors (Lipinski definition) is 6. The molecule has 1 aromatic heterocycles. The van der Waals surface area contributed by atoms with E-state index >= 15 is 0 Å². The Morgan fingerprint density at radius 2 is 1.61 bits per heavy atom. The molecule has 1 aliphatic rings. The first-order valence-corrected chi connectivity index (χ1v) is 14.1. The van der Waals surface area contributed by atoms with E-state index in [-0.39, 0.29) is 11.9 Å². The van der Waals surface area contributed by atoms with Crippen molar-refractivity contribution in [3.8, 4) is 11.3 Å². The number of benzene rings is 3. The van der Waals surface area contributed by atoms with Crippen LogP contribution in [0.1, 0.15) is 57.4 Å². The lowest BCUT2D eigenvalue weighted by molar-refractivity contribution is 0.0526. The summed E-state index contributed by atoms with van der Waals surface area (Å²) in [6.07, 6.45) is 5.05. The normalized spacial score (nSPS) is 14.3. The highest BCUT2D eigenvalue weighted by molar-refractivity contribution is 5.94. The number of carbonyl (C=O) groups is 2. The van der Waals surface area contributed by atoms with Crippen LogP contribution >= 0.6 is 0 Å². The second-order valence-corrected chi connectivity index (χ2v) is 10.3. The highest BCUT2D eigenvalue weighted by atomic mass is 16.5. The number of likely N-dealkylation sites (tertiary alicyclic amines) is 1. The second-order valence-electron chi connectivity index (χ2n) is 10.3. The van der Waals surface area contributed by atoms with Crippen molar-refractivity contribution in [3.05, 3.63) is 119 Å². The molecule has 210 valence electrons. The number of furan rings is 1. The maximum absolute atomic E-state index is 12.6. The molecule has 1 aliphatic heterocycles. The predicted octanol–water partition coefficient (Wildman–Crippen LogP) is 6.34. The molecule has 1 fully saturated rings. The van der Waals surface area contributed by atoms with Crippen LogP contribution in [0, 0.1) is 5.92 Å². The Morgan fingerprint density at radius 1 is 0.902 bits per heavy atom. The van der Waals surface area contributed by atoms with Gasteiger partial charge in [0.15, 0.2) is 0 Å². The van der Waals surface area contributed by atoms with E-state index in [1.807, 2.05) is 30.3 Å². The molecule has 2 heterocycles. The van der Waals surface area contributed by atoms with E-state index in [1.54, 1.807) is 37.3 Å². The Balaban J connectivity index is 1.07. The van der Waals surface area contributed by atoms with Crippen molar-refractivity contribution in [2.75, 3.05) is 19.7 Å². The fraction of sp³-hybridized carbons (Fsp3) is 0.265. The van der Waals surface area contributed by atoms with Gasteiger partial charge >= 0.3 is 5.97 Å². The van der Waals surface area contributed by atoms with Crippen molar-refractivity contribution in [2.45, 2.75) is 32.7 Å². The van der Waals surface area contributed by atoms with Crippen molar-refractivity contribution in [1.29, 1.82) is 0 Å². The minimum Gasteiger partial charge on any atom is -0.462 e. The van der Waals surface area contributed by atoms with Gasteiger partial charge in [0.05, 0.1) is 18.4 Å². The molecule has 41 heavy (non-hydrogen) atoms. The molecule has 1 N–H and O–H groups in total. The summed E-state index contributed by atoms with van der Waals surface area (Å²) >= 11 is 0. The summed E-state index contributed by atoms with van der Waals surface area (Å²) in [6, 6.07) is 29.0. The van der Waals surface area contributed by atoms with Gasteiger partial charge in [0.25, 0.3) is 5.91 Å². The molecule has 4 aromatic rings. The standard InChI is InChI=1S/C34H35N3O4/c1-2-40-34(39)30-14-12-28(13-15-30)32-17-16-31(41-32)23-35-36-33(38)29-10-8-27(9-11-29)24-37-20-18-26(19-21-37)22-25-6-4-3-5-7-25/h3-17,23,26H,2,18-22,24H2,1H3,(H,36,38)/b35-23+. The number of hydrogen-bond donors (Lipinski definition) is 1. The first kappa shape index (κ1) is 28.1. The Hall–Kier alpha value is -4.49. The Labute approximate surface area is 240 Å². The number of amides is 1. The number of nitrogens with one attached hydrogen (secondary N) is 1. The highest BCUT2D eigenvalue weighted by Gasteiger charge is 2.19. The van der Waals surface area contributed by atoms with Crippen LogP contribution in [0.2, 0.25) is 0 Å². The Bertz CT molecular complexity index is 1450. The molecule has 0 spiro atoms. The third kappa shape index (κ3) is 7.80. The molecule has 0 unspecified atom stereocenters. The van der Waals surface area contributed by atoms with Crippen LogP contribution in [0.15, 0.2) is 101 Å². The number of nitrogens with zero attached hydrogens (tertiary/aromatic N) is 2. The Kier molecular flexibility index (Phi) is 9.39. The average Bonchev–Trinajstić information content (AvgIpc) is 3.48. The van der Waals surface area contributed by atoms with E-state index in [0.29, 0.717) is 29.3 Å². The molecule has 0 radical (unpaired) electrons. The van der Waals surface area contributed by atoms with E-state index in [0.717, 1.165) is 37.5 Å². The van der Waals surface area contributed by atoms with Crippen molar-refractivity contribution in [3.63, 3.8) is 0 Å². The molecule has 0 atom stereocenters. The summed E-state index contributed by atoms with van der Waals surface area (Å²) < 4.78 is 10.8. The van der Waals surface area contributed by atoms with E-state index < -0.39 is 0 Å². The van der Waals surface area contributed by atoms with E-state index in [4.69, 9.17) is 9.15 Å². The molecule has 3 aromatic carbocycles. The maximum Gasteiger partial charge on any atom is 0.338 e. The van der Waals surface area contributed by atoms with Crippen LogP contribution in [0.3, 0.4) is 0 Å². The molecule has 0 saturated carbocycles. The molecule has 7 nitrogen and oxygen atoms in total. The van der Waals surface area contributed by atoms with Crippen molar-refractivity contribution in [2.24, 2.45) is 11.0 Å². The van der Waals surface area contributed by atoms with Gasteiger partial charge < -0.3 is 9.15 Å². The number of carbonyl (C=O) groups excluding carboxylic acids is 2. The summed E-state index contributed by atoms with van der Waals surface area (Å²) in [5.74, 6) is 1.24. The molecular formula is C34H35N3O4. The van der Waals surface area contributed by atoms with Gasteiger partial charge in [-0.3, -0.25) is 9.69 Å². The van der Waals surface area contributed by atoms with Crippen LogP contribution < -0.4 is 5.43 Å². The van der Waals surface area contributed by atoms with Gasteiger partial charge in [-0.25, -0.2) is 10.2 Å². The van der Waals surface area contributed by atoms with Crippen LogP contribution in [0.4, 0.5) is 0 Å². The number of rotatable bonds is 10. The zero-order chi connectivity index (χ0) is 28.4. The fourth-order valence-corrected chi connectivity index (χ4v) is 5.10. The van der Waals surface area contributed by atoms with E-state index in [2.05, 4.69) is 45.8 Å². The van der Waals surface area contributed by atoms with Gasteiger partial charge in [0, 0.05) is 17.7 Å². The minimum atomic E-state index is -0.355. The summed E-state index contributed by atoms with van der Waals surface area (Å²) in [5, 5.41) is 4.05. The molecule has 1 saturated heterocycles. The molecule has 1 amide bonds. The van der Waals surface area contributed by atoms with Gasteiger partial charge in [-0.2, -0.15) is 5.10 Å². The lowest BCUT2D eigenvalue weighted by Crippen LogP contribution is -2.33. The monoisotopic (exact) mass is 549 g/mol. The minimum absolute atomic E-state index is 0.282. The number of piperidine rings is 1. The summed E-state index contributed by atoms with van der Waals surface area (Å²) in [4.78, 5) is 26.9. The van der Waals surface area contributed by atoms with Crippen molar-refractivity contribution < 1.29 is 18.7 Å². The third-order valence-electron chi connectivity index (χ3n) is 7.36. The summed E-state index contributed by atoms with van der Waals surface area (Å²) in [6.45, 7) is 5.20. The molecule has 7 heteroatoms. The first-order valence-electron chi connectivity index (χ1n) is 14.1. The van der Waals surface area contributed by atoms with E-state index in [1.165, 1.54) is 30.2 Å².